The first-order valence-corrected chi connectivity index (χ1v) is 6.90. The van der Waals surface area contributed by atoms with E-state index in [-0.39, 0.29) is 6.03 Å². The monoisotopic (exact) mass is 300 g/mol. The lowest BCUT2D eigenvalue weighted by molar-refractivity contribution is 0.262. The molecule has 0 bridgehead atoms. The number of nitrogens with one attached hydrogen (secondary N) is 2. The van der Waals surface area contributed by atoms with Crippen LogP contribution in [-0.2, 0) is 0 Å². The fourth-order valence-electron chi connectivity index (χ4n) is 1.99. The molecule has 5 heteroatoms. The van der Waals surface area contributed by atoms with Crippen molar-refractivity contribution < 1.29 is 14.3 Å². The summed E-state index contributed by atoms with van der Waals surface area (Å²) in [6.45, 7) is 4.03. The highest BCUT2D eigenvalue weighted by Crippen LogP contribution is 2.26. The van der Waals surface area contributed by atoms with Crippen molar-refractivity contribution >= 4 is 17.4 Å². The Morgan fingerprint density at radius 2 is 1.41 bits per heavy atom. The zero-order chi connectivity index (χ0) is 16.1. The Hall–Kier alpha value is -2.69. The van der Waals surface area contributed by atoms with Crippen LogP contribution in [0.4, 0.5) is 16.2 Å². The van der Waals surface area contributed by atoms with Gasteiger partial charge < -0.3 is 20.1 Å². The first kappa shape index (κ1) is 15.7. The summed E-state index contributed by atoms with van der Waals surface area (Å²) in [7, 11) is 3.13. The van der Waals surface area contributed by atoms with E-state index in [1.54, 1.807) is 32.4 Å². The molecule has 0 saturated heterocycles. The van der Waals surface area contributed by atoms with E-state index in [4.69, 9.17) is 9.47 Å². The minimum atomic E-state index is -0.321. The molecule has 0 fully saturated rings. The highest BCUT2D eigenvalue weighted by Gasteiger charge is 2.07. The molecule has 0 aliphatic rings. The lowest BCUT2D eigenvalue weighted by atomic mass is 10.1. The number of carbonyl (C=O) groups excluding carboxylic acids is 1. The second-order valence-electron chi connectivity index (χ2n) is 4.98. The van der Waals surface area contributed by atoms with E-state index in [0.29, 0.717) is 17.2 Å². The zero-order valence-corrected chi connectivity index (χ0v) is 13.2. The van der Waals surface area contributed by atoms with Crippen molar-refractivity contribution in [2.75, 3.05) is 24.9 Å². The third kappa shape index (κ3) is 3.91. The summed E-state index contributed by atoms with van der Waals surface area (Å²) in [6.07, 6.45) is 0. The second-order valence-corrected chi connectivity index (χ2v) is 4.98. The number of anilines is 2. The third-order valence-electron chi connectivity index (χ3n) is 3.37. The number of aryl methyl sites for hydroxylation is 2. The summed E-state index contributed by atoms with van der Waals surface area (Å²) < 4.78 is 10.3. The topological polar surface area (TPSA) is 59.6 Å². The Bertz CT molecular complexity index is 661. The van der Waals surface area contributed by atoms with Gasteiger partial charge in [-0.3, -0.25) is 0 Å². The van der Waals surface area contributed by atoms with Crippen LogP contribution in [0.1, 0.15) is 11.1 Å². The molecular formula is C17H20N2O3. The maximum atomic E-state index is 12.1. The number of urea groups is 1. The quantitative estimate of drug-likeness (QED) is 0.898. The Morgan fingerprint density at radius 3 is 1.95 bits per heavy atom. The highest BCUT2D eigenvalue weighted by molar-refractivity contribution is 6.00. The Kier molecular flexibility index (Phi) is 4.88. The third-order valence-corrected chi connectivity index (χ3v) is 3.37. The summed E-state index contributed by atoms with van der Waals surface area (Å²) in [4.78, 5) is 12.1. The van der Waals surface area contributed by atoms with Crippen molar-refractivity contribution in [2.45, 2.75) is 13.8 Å². The molecule has 2 rings (SSSR count). The summed E-state index contributed by atoms with van der Waals surface area (Å²) in [5.74, 6) is 1.22. The Labute approximate surface area is 130 Å². The van der Waals surface area contributed by atoms with Gasteiger partial charge >= 0.3 is 6.03 Å². The van der Waals surface area contributed by atoms with Gasteiger partial charge in [-0.05, 0) is 37.1 Å². The van der Waals surface area contributed by atoms with Crippen LogP contribution in [0.3, 0.4) is 0 Å². The van der Waals surface area contributed by atoms with Crippen LogP contribution in [-0.4, -0.2) is 20.3 Å². The van der Waals surface area contributed by atoms with Gasteiger partial charge in [-0.2, -0.15) is 0 Å². The lowest BCUT2D eigenvalue weighted by Crippen LogP contribution is -2.19. The average molecular weight is 300 g/mol. The van der Waals surface area contributed by atoms with Crippen LogP contribution < -0.4 is 20.1 Å². The van der Waals surface area contributed by atoms with Crippen molar-refractivity contribution in [1.82, 2.24) is 0 Å². The molecule has 0 spiro atoms. The highest BCUT2D eigenvalue weighted by atomic mass is 16.5. The maximum Gasteiger partial charge on any atom is 0.323 e. The Balaban J connectivity index is 2.09. The molecule has 2 aromatic rings. The largest absolute Gasteiger partial charge is 0.497 e. The van der Waals surface area contributed by atoms with Crippen molar-refractivity contribution in [1.29, 1.82) is 0 Å². The molecular weight excluding hydrogens is 280 g/mol. The van der Waals surface area contributed by atoms with Gasteiger partial charge in [-0.15, -0.1) is 0 Å². The normalized spacial score (nSPS) is 10.0. The van der Waals surface area contributed by atoms with E-state index in [0.717, 1.165) is 11.3 Å². The minimum Gasteiger partial charge on any atom is -0.497 e. The molecule has 0 heterocycles. The number of amides is 2. The number of benzene rings is 2. The van der Waals surface area contributed by atoms with E-state index in [2.05, 4.69) is 10.6 Å². The summed E-state index contributed by atoms with van der Waals surface area (Å²) in [6, 6.07) is 10.6. The lowest BCUT2D eigenvalue weighted by Gasteiger charge is -2.11. The molecule has 0 aliphatic carbocycles. The van der Waals surface area contributed by atoms with E-state index in [9.17, 15) is 4.79 Å². The van der Waals surface area contributed by atoms with E-state index in [1.165, 1.54) is 5.56 Å². The number of hydrogen-bond acceptors (Lipinski definition) is 3. The fourth-order valence-corrected chi connectivity index (χ4v) is 1.99. The minimum absolute atomic E-state index is 0.321. The van der Waals surface area contributed by atoms with Crippen LogP contribution >= 0.6 is 0 Å². The molecule has 2 aromatic carbocycles. The maximum absolute atomic E-state index is 12.1. The van der Waals surface area contributed by atoms with Gasteiger partial charge in [0.05, 0.1) is 14.2 Å². The van der Waals surface area contributed by atoms with Gasteiger partial charge in [0.1, 0.15) is 11.5 Å². The van der Waals surface area contributed by atoms with Gasteiger partial charge in [-0.25, -0.2) is 4.79 Å². The molecule has 116 valence electrons. The van der Waals surface area contributed by atoms with E-state index < -0.39 is 0 Å². The summed E-state index contributed by atoms with van der Waals surface area (Å²) in [5, 5.41) is 5.57. The van der Waals surface area contributed by atoms with Gasteiger partial charge in [-0.1, -0.05) is 6.07 Å². The first-order chi connectivity index (χ1) is 10.5. The van der Waals surface area contributed by atoms with Gasteiger partial charge in [0, 0.05) is 29.6 Å². The molecule has 0 aliphatic heterocycles. The fraction of sp³-hybridized carbons (Fsp3) is 0.235. The van der Waals surface area contributed by atoms with Crippen LogP contribution in [0.15, 0.2) is 36.4 Å². The molecule has 2 amide bonds. The number of ether oxygens (including phenoxy) is 2. The average Bonchev–Trinajstić information content (AvgIpc) is 2.50. The van der Waals surface area contributed by atoms with Crippen molar-refractivity contribution in [3.8, 4) is 11.5 Å². The van der Waals surface area contributed by atoms with Crippen molar-refractivity contribution in [3.05, 3.63) is 47.5 Å². The van der Waals surface area contributed by atoms with E-state index in [1.807, 2.05) is 32.0 Å². The molecule has 0 saturated carbocycles. The van der Waals surface area contributed by atoms with Gasteiger partial charge in [0.2, 0.25) is 0 Å². The second kappa shape index (κ2) is 6.85. The van der Waals surface area contributed by atoms with Crippen LogP contribution in [0.5, 0.6) is 11.5 Å². The number of hydrogen-bond donors (Lipinski definition) is 2. The molecule has 0 radical (unpaired) electrons. The number of rotatable bonds is 4. The zero-order valence-electron chi connectivity index (χ0n) is 13.2. The standard InChI is InChI=1S/C17H20N2O3/c1-11-5-6-13(7-12(11)2)18-17(20)19-14-8-15(21-3)10-16(9-14)22-4/h5-10H,1-4H3,(H2,18,19,20). The molecule has 22 heavy (non-hydrogen) atoms. The van der Waals surface area contributed by atoms with Crippen molar-refractivity contribution in [3.63, 3.8) is 0 Å². The Morgan fingerprint density at radius 1 is 0.818 bits per heavy atom. The summed E-state index contributed by atoms with van der Waals surface area (Å²) in [5.41, 5.74) is 3.65. The molecule has 2 N–H and O–H groups in total. The molecule has 5 nitrogen and oxygen atoms in total. The van der Waals surface area contributed by atoms with Crippen LogP contribution in [0, 0.1) is 13.8 Å². The molecule has 0 unspecified atom stereocenters. The predicted molar refractivity (Wildman–Crippen MR) is 88.1 cm³/mol. The SMILES string of the molecule is COc1cc(NC(=O)Nc2ccc(C)c(C)c2)cc(OC)c1. The molecule has 0 atom stereocenters. The number of carbonyl (C=O) groups is 1. The van der Waals surface area contributed by atoms with Crippen LogP contribution in [0.25, 0.3) is 0 Å². The first-order valence-electron chi connectivity index (χ1n) is 6.90. The van der Waals surface area contributed by atoms with E-state index >= 15 is 0 Å². The van der Waals surface area contributed by atoms with Gasteiger partial charge in [0.15, 0.2) is 0 Å². The van der Waals surface area contributed by atoms with Crippen LogP contribution in [0.2, 0.25) is 0 Å². The van der Waals surface area contributed by atoms with Crippen molar-refractivity contribution in [2.24, 2.45) is 0 Å². The smallest absolute Gasteiger partial charge is 0.323 e. The van der Waals surface area contributed by atoms with Gasteiger partial charge in [0.25, 0.3) is 0 Å². The number of methoxy groups -OCH3 is 2. The predicted octanol–water partition coefficient (Wildman–Crippen LogP) is 3.96. The molecule has 0 aromatic heterocycles. The summed E-state index contributed by atoms with van der Waals surface area (Å²) >= 11 is 0.